The number of hydrogen-bond donors (Lipinski definition) is 2. The van der Waals surface area contributed by atoms with Crippen molar-refractivity contribution < 1.29 is 18.0 Å². The monoisotopic (exact) mass is 307 g/mol. The predicted octanol–water partition coefficient (Wildman–Crippen LogP) is 2.48. The van der Waals surface area contributed by atoms with Gasteiger partial charge in [-0.25, -0.2) is 4.98 Å². The number of hydrogen-bond acceptors (Lipinski definition) is 4. The molecule has 0 saturated carbocycles. The van der Waals surface area contributed by atoms with Crippen LogP contribution in [0.5, 0.6) is 0 Å². The number of carbonyl (C=O) groups excluding carboxylic acids is 1. The summed E-state index contributed by atoms with van der Waals surface area (Å²) < 4.78 is 37.6. The van der Waals surface area contributed by atoms with Gasteiger partial charge in [-0.3, -0.25) is 4.79 Å². The van der Waals surface area contributed by atoms with Crippen molar-refractivity contribution in [3.8, 4) is 0 Å². The van der Waals surface area contributed by atoms with Crippen molar-refractivity contribution in [2.24, 2.45) is 0 Å². The van der Waals surface area contributed by atoms with E-state index in [1.807, 2.05) is 6.92 Å². The molecule has 1 amide bonds. The van der Waals surface area contributed by atoms with Gasteiger partial charge in [0, 0.05) is 5.38 Å². The van der Waals surface area contributed by atoms with Crippen LogP contribution in [0.15, 0.2) is 5.38 Å². The number of nitrogens with zero attached hydrogens (tertiary/aromatic N) is 1. The lowest BCUT2D eigenvalue weighted by atomic mass is 10.2. The Balaban J connectivity index is 2.04. The Morgan fingerprint density at radius 3 is 2.90 bits per heavy atom. The minimum atomic E-state index is -4.44. The molecule has 2 unspecified atom stereocenters. The van der Waals surface area contributed by atoms with Crippen molar-refractivity contribution in [1.82, 2.24) is 15.6 Å². The molecule has 112 valence electrons. The zero-order chi connectivity index (χ0) is 14.8. The molecule has 2 atom stereocenters. The van der Waals surface area contributed by atoms with Gasteiger partial charge in [-0.05, 0) is 25.8 Å². The van der Waals surface area contributed by atoms with E-state index in [1.54, 1.807) is 0 Å². The van der Waals surface area contributed by atoms with E-state index >= 15 is 0 Å². The summed E-state index contributed by atoms with van der Waals surface area (Å²) in [5.74, 6) is -0.168. The van der Waals surface area contributed by atoms with Crippen LogP contribution in [0.1, 0.15) is 42.9 Å². The Labute approximate surface area is 118 Å². The Hall–Kier alpha value is -1.15. The number of aromatic nitrogens is 1. The average Bonchev–Trinajstić information content (AvgIpc) is 3.04. The zero-order valence-corrected chi connectivity index (χ0v) is 11.8. The predicted molar refractivity (Wildman–Crippen MR) is 69.3 cm³/mol. The van der Waals surface area contributed by atoms with Crippen molar-refractivity contribution in [3.05, 3.63) is 16.1 Å². The Bertz CT molecular complexity index is 469. The van der Waals surface area contributed by atoms with E-state index in [2.05, 4.69) is 15.6 Å². The molecule has 2 heterocycles. The number of rotatable bonds is 4. The minimum Gasteiger partial charge on any atom is -0.346 e. The molecule has 20 heavy (non-hydrogen) atoms. The van der Waals surface area contributed by atoms with E-state index in [1.165, 1.54) is 0 Å². The Morgan fingerprint density at radius 2 is 2.40 bits per heavy atom. The van der Waals surface area contributed by atoms with Gasteiger partial charge in [0.1, 0.15) is 5.01 Å². The molecule has 4 nitrogen and oxygen atoms in total. The highest BCUT2D eigenvalue weighted by molar-refractivity contribution is 7.09. The smallest absolute Gasteiger partial charge is 0.346 e. The van der Waals surface area contributed by atoms with E-state index < -0.39 is 17.9 Å². The van der Waals surface area contributed by atoms with Gasteiger partial charge < -0.3 is 10.6 Å². The number of nitrogens with one attached hydrogen (secondary N) is 2. The van der Waals surface area contributed by atoms with Crippen LogP contribution < -0.4 is 10.6 Å². The molecule has 0 spiro atoms. The van der Waals surface area contributed by atoms with Crippen LogP contribution in [-0.2, 0) is 11.0 Å². The first kappa shape index (κ1) is 15.2. The van der Waals surface area contributed by atoms with Gasteiger partial charge in [-0.1, -0.05) is 6.92 Å². The molecule has 1 aromatic rings. The first-order valence-corrected chi connectivity index (χ1v) is 7.36. The number of halogens is 3. The first-order valence-electron chi connectivity index (χ1n) is 6.48. The molecule has 1 aliphatic heterocycles. The van der Waals surface area contributed by atoms with Crippen LogP contribution in [-0.4, -0.2) is 23.5 Å². The summed E-state index contributed by atoms with van der Waals surface area (Å²) in [5.41, 5.74) is -0.899. The molecule has 1 fully saturated rings. The molecule has 2 N–H and O–H groups in total. The summed E-state index contributed by atoms with van der Waals surface area (Å²) in [4.78, 5) is 15.6. The van der Waals surface area contributed by atoms with Gasteiger partial charge >= 0.3 is 6.18 Å². The van der Waals surface area contributed by atoms with Crippen molar-refractivity contribution in [3.63, 3.8) is 0 Å². The molecule has 0 aliphatic carbocycles. The highest BCUT2D eigenvalue weighted by Crippen LogP contribution is 2.32. The van der Waals surface area contributed by atoms with Crippen molar-refractivity contribution in [2.75, 3.05) is 6.54 Å². The van der Waals surface area contributed by atoms with E-state index in [4.69, 9.17) is 0 Å². The second-order valence-electron chi connectivity index (χ2n) is 4.69. The second-order valence-corrected chi connectivity index (χ2v) is 5.58. The molecule has 1 saturated heterocycles. The van der Waals surface area contributed by atoms with Crippen LogP contribution in [0.4, 0.5) is 13.2 Å². The minimum absolute atomic E-state index is 0.168. The maximum atomic E-state index is 12.5. The normalized spacial score (nSPS) is 20.9. The number of thiazole rings is 1. The van der Waals surface area contributed by atoms with Gasteiger partial charge in [0.15, 0.2) is 5.69 Å². The van der Waals surface area contributed by atoms with Crippen LogP contribution in [0.3, 0.4) is 0 Å². The largest absolute Gasteiger partial charge is 0.434 e. The third-order valence-corrected chi connectivity index (χ3v) is 4.17. The van der Waals surface area contributed by atoms with Gasteiger partial charge in [0.05, 0.1) is 12.1 Å². The highest BCUT2D eigenvalue weighted by Gasteiger charge is 2.34. The third kappa shape index (κ3) is 3.49. The molecular weight excluding hydrogens is 291 g/mol. The number of carbonyl (C=O) groups is 1. The Kier molecular flexibility index (Phi) is 4.64. The fourth-order valence-corrected chi connectivity index (χ4v) is 3.06. The summed E-state index contributed by atoms with van der Waals surface area (Å²) in [5, 5.41) is 7.11. The third-order valence-electron chi connectivity index (χ3n) is 3.21. The molecule has 2 rings (SSSR count). The van der Waals surface area contributed by atoms with Gasteiger partial charge in [-0.15, -0.1) is 11.3 Å². The maximum absolute atomic E-state index is 12.5. The maximum Gasteiger partial charge on any atom is 0.434 e. The van der Waals surface area contributed by atoms with E-state index in [0.29, 0.717) is 11.4 Å². The quantitative estimate of drug-likeness (QED) is 0.898. The number of alkyl halides is 3. The fourth-order valence-electron chi connectivity index (χ4n) is 2.10. The molecule has 0 radical (unpaired) electrons. The summed E-state index contributed by atoms with van der Waals surface area (Å²) in [6.07, 6.45) is -2.24. The zero-order valence-electron chi connectivity index (χ0n) is 11.0. The molecule has 8 heteroatoms. The molecule has 0 bridgehead atoms. The fraction of sp³-hybridized carbons (Fsp3) is 0.667. The standard InChI is InChI=1S/C12H16F3N3OS/c1-2-7(17-10(19)8-4-3-5-16-8)11-18-9(6-20-11)12(13,14)15/h6-8,16H,2-5H2,1H3,(H,17,19). The molecule has 1 aromatic heterocycles. The van der Waals surface area contributed by atoms with Crippen LogP contribution in [0.25, 0.3) is 0 Å². The summed E-state index contributed by atoms with van der Waals surface area (Å²) >= 11 is 0.927. The molecule has 0 aromatic carbocycles. The lowest BCUT2D eigenvalue weighted by Crippen LogP contribution is -2.41. The SMILES string of the molecule is CCC(NC(=O)C1CCCN1)c1nc(C(F)(F)F)cs1. The van der Waals surface area contributed by atoms with Crippen molar-refractivity contribution in [1.29, 1.82) is 0 Å². The van der Waals surface area contributed by atoms with Crippen LogP contribution >= 0.6 is 11.3 Å². The van der Waals surface area contributed by atoms with E-state index in [-0.39, 0.29) is 11.9 Å². The summed E-state index contributed by atoms with van der Waals surface area (Å²) in [7, 11) is 0. The molecule has 1 aliphatic rings. The van der Waals surface area contributed by atoms with Crippen molar-refractivity contribution >= 4 is 17.2 Å². The van der Waals surface area contributed by atoms with Gasteiger partial charge in [-0.2, -0.15) is 13.2 Å². The highest BCUT2D eigenvalue weighted by atomic mass is 32.1. The average molecular weight is 307 g/mol. The second kappa shape index (κ2) is 6.09. The lowest BCUT2D eigenvalue weighted by molar-refractivity contribution is -0.140. The van der Waals surface area contributed by atoms with Crippen LogP contribution in [0.2, 0.25) is 0 Å². The Morgan fingerprint density at radius 1 is 1.65 bits per heavy atom. The summed E-state index contributed by atoms with van der Waals surface area (Å²) in [6.45, 7) is 2.60. The molecular formula is C12H16F3N3OS. The van der Waals surface area contributed by atoms with Gasteiger partial charge in [0.25, 0.3) is 0 Å². The lowest BCUT2D eigenvalue weighted by Gasteiger charge is -2.17. The van der Waals surface area contributed by atoms with E-state index in [9.17, 15) is 18.0 Å². The first-order chi connectivity index (χ1) is 9.41. The summed E-state index contributed by atoms with van der Waals surface area (Å²) in [6, 6.07) is -0.711. The van der Waals surface area contributed by atoms with Crippen molar-refractivity contribution in [2.45, 2.75) is 44.4 Å². The van der Waals surface area contributed by atoms with Gasteiger partial charge in [0.2, 0.25) is 5.91 Å². The topological polar surface area (TPSA) is 54.0 Å². The number of amides is 1. The van der Waals surface area contributed by atoms with Crippen LogP contribution in [0, 0.1) is 0 Å². The van der Waals surface area contributed by atoms with E-state index in [0.717, 1.165) is 36.1 Å².